The molecule has 1 nitrogen and oxygen atoms in total. The van der Waals surface area contributed by atoms with E-state index in [0.717, 1.165) is 10.7 Å². The standard InChI is InChI=1S/C23H23NSe/c1-24-20-13-7-5-12-18(20)22(23(24)16-9-3-2-4-10-16)19-15-25-21-14-8-6-11-17(19)21/h2-5,7,9-10,12-13,15,17,21H,6,8,11,14H2,1H3. The van der Waals surface area contributed by atoms with Gasteiger partial charge in [-0.3, -0.25) is 0 Å². The molecular formula is C23H23NSe. The quantitative estimate of drug-likeness (QED) is 0.480. The minimum absolute atomic E-state index is 0.672. The van der Waals surface area contributed by atoms with E-state index in [-0.39, 0.29) is 0 Å². The van der Waals surface area contributed by atoms with Gasteiger partial charge in [0.15, 0.2) is 0 Å². The summed E-state index contributed by atoms with van der Waals surface area (Å²) in [6, 6.07) is 19.9. The predicted octanol–water partition coefficient (Wildman–Crippen LogP) is 5.88. The number of fused-ring (bicyclic) bond motifs is 2. The van der Waals surface area contributed by atoms with Crippen LogP contribution in [0.2, 0.25) is 4.82 Å². The molecule has 25 heavy (non-hydrogen) atoms. The molecule has 2 heterocycles. The molecule has 3 aromatic rings. The molecule has 2 aromatic carbocycles. The number of aromatic nitrogens is 1. The molecule has 2 atom stereocenters. The Balaban J connectivity index is 1.77. The monoisotopic (exact) mass is 393 g/mol. The summed E-state index contributed by atoms with van der Waals surface area (Å²) in [7, 11) is 2.23. The van der Waals surface area contributed by atoms with Crippen LogP contribution in [0.4, 0.5) is 0 Å². The Labute approximate surface area is 155 Å². The molecule has 2 unspecified atom stereocenters. The van der Waals surface area contributed by atoms with Crippen molar-refractivity contribution in [2.45, 2.75) is 30.5 Å². The van der Waals surface area contributed by atoms with E-state index in [1.54, 1.807) is 5.57 Å². The number of hydrogen-bond acceptors (Lipinski definition) is 0. The Bertz CT molecular complexity index is 951. The van der Waals surface area contributed by atoms with E-state index in [1.165, 1.54) is 53.4 Å². The van der Waals surface area contributed by atoms with Crippen molar-refractivity contribution in [2.75, 3.05) is 0 Å². The van der Waals surface area contributed by atoms with Gasteiger partial charge in [0.25, 0.3) is 0 Å². The van der Waals surface area contributed by atoms with Gasteiger partial charge in [-0.25, -0.2) is 0 Å². The first kappa shape index (κ1) is 15.5. The molecule has 0 spiro atoms. The van der Waals surface area contributed by atoms with Gasteiger partial charge in [0.05, 0.1) is 0 Å². The molecule has 1 aliphatic carbocycles. The van der Waals surface area contributed by atoms with E-state index in [1.807, 2.05) is 0 Å². The van der Waals surface area contributed by atoms with Gasteiger partial charge in [0.2, 0.25) is 0 Å². The third kappa shape index (κ3) is 2.43. The maximum absolute atomic E-state index is 2.63. The summed E-state index contributed by atoms with van der Waals surface area (Å²) in [6.45, 7) is 0. The fourth-order valence-electron chi connectivity index (χ4n) is 4.73. The van der Waals surface area contributed by atoms with Crippen LogP contribution >= 0.6 is 0 Å². The molecule has 1 aliphatic heterocycles. The van der Waals surface area contributed by atoms with Crippen LogP contribution < -0.4 is 0 Å². The molecule has 0 bridgehead atoms. The first-order valence-corrected chi connectivity index (χ1v) is 11.3. The zero-order valence-corrected chi connectivity index (χ0v) is 16.3. The van der Waals surface area contributed by atoms with Crippen LogP contribution in [0.3, 0.4) is 0 Å². The Kier molecular flexibility index (Phi) is 3.84. The van der Waals surface area contributed by atoms with Crippen molar-refractivity contribution in [1.29, 1.82) is 0 Å². The van der Waals surface area contributed by atoms with E-state index in [2.05, 4.69) is 71.2 Å². The zero-order valence-electron chi connectivity index (χ0n) is 14.6. The van der Waals surface area contributed by atoms with E-state index < -0.39 is 0 Å². The van der Waals surface area contributed by atoms with Gasteiger partial charge in [-0.1, -0.05) is 0 Å². The summed E-state index contributed by atoms with van der Waals surface area (Å²) in [6.07, 6.45) is 5.66. The van der Waals surface area contributed by atoms with Crippen molar-refractivity contribution in [2.24, 2.45) is 13.0 Å². The summed E-state index contributed by atoms with van der Waals surface area (Å²) in [5.74, 6) is 0.794. The van der Waals surface area contributed by atoms with Crippen LogP contribution in [0.15, 0.2) is 59.6 Å². The van der Waals surface area contributed by atoms with Crippen LogP contribution in [0.5, 0.6) is 0 Å². The normalized spacial score (nSPS) is 22.8. The molecule has 5 rings (SSSR count). The van der Waals surface area contributed by atoms with Gasteiger partial charge in [0, 0.05) is 0 Å². The first-order chi connectivity index (χ1) is 12.3. The topological polar surface area (TPSA) is 4.93 Å². The third-order valence-electron chi connectivity index (χ3n) is 5.91. The second kappa shape index (κ2) is 6.20. The molecule has 0 N–H and O–H groups in total. The Morgan fingerprint density at radius 1 is 0.920 bits per heavy atom. The van der Waals surface area contributed by atoms with E-state index in [9.17, 15) is 0 Å². The van der Waals surface area contributed by atoms with Crippen LogP contribution in [0.25, 0.3) is 27.7 Å². The van der Waals surface area contributed by atoms with Crippen molar-refractivity contribution >= 4 is 31.4 Å². The summed E-state index contributed by atoms with van der Waals surface area (Å²) in [4.78, 5) is 3.57. The fourth-order valence-corrected chi connectivity index (χ4v) is 7.64. The van der Waals surface area contributed by atoms with Crippen LogP contribution in [0, 0.1) is 5.92 Å². The number of nitrogens with zero attached hydrogens (tertiary/aromatic N) is 1. The average Bonchev–Trinajstić information content (AvgIpc) is 3.22. The summed E-state index contributed by atoms with van der Waals surface area (Å²) < 4.78 is 2.41. The van der Waals surface area contributed by atoms with Crippen molar-refractivity contribution in [1.82, 2.24) is 4.57 Å². The van der Waals surface area contributed by atoms with E-state index in [0.29, 0.717) is 15.0 Å². The molecule has 0 radical (unpaired) electrons. The number of allylic oxidation sites excluding steroid dienone is 1. The van der Waals surface area contributed by atoms with Crippen LogP contribution in [-0.2, 0) is 7.05 Å². The number of para-hydroxylation sites is 1. The third-order valence-corrected chi connectivity index (χ3v) is 8.65. The molecule has 2 aliphatic rings. The number of rotatable bonds is 2. The number of benzene rings is 2. The number of hydrogen-bond donors (Lipinski definition) is 0. The summed E-state index contributed by atoms with van der Waals surface area (Å²) in [5, 5.41) is 1.43. The molecule has 2 heteroatoms. The fraction of sp³-hybridized carbons (Fsp3) is 0.304. The second-order valence-corrected chi connectivity index (χ2v) is 9.64. The molecule has 1 aromatic heterocycles. The van der Waals surface area contributed by atoms with Crippen molar-refractivity contribution in [3.05, 3.63) is 65.1 Å². The molecule has 0 amide bonds. The van der Waals surface area contributed by atoms with E-state index >= 15 is 0 Å². The Morgan fingerprint density at radius 2 is 1.68 bits per heavy atom. The average molecular weight is 392 g/mol. The predicted molar refractivity (Wildman–Crippen MR) is 108 cm³/mol. The zero-order chi connectivity index (χ0) is 16.8. The van der Waals surface area contributed by atoms with Crippen molar-refractivity contribution in [3.63, 3.8) is 0 Å². The van der Waals surface area contributed by atoms with Gasteiger partial charge in [-0.2, -0.15) is 0 Å². The van der Waals surface area contributed by atoms with Crippen LogP contribution in [-0.4, -0.2) is 19.5 Å². The molecule has 126 valence electrons. The van der Waals surface area contributed by atoms with Gasteiger partial charge in [0.1, 0.15) is 0 Å². The minimum atomic E-state index is 0.672. The Hall–Kier alpha value is -1.76. The molecule has 0 saturated heterocycles. The van der Waals surface area contributed by atoms with Gasteiger partial charge < -0.3 is 0 Å². The number of aryl methyl sites for hydroxylation is 1. The van der Waals surface area contributed by atoms with Crippen molar-refractivity contribution < 1.29 is 0 Å². The van der Waals surface area contributed by atoms with E-state index in [4.69, 9.17) is 0 Å². The Morgan fingerprint density at radius 3 is 2.56 bits per heavy atom. The first-order valence-electron chi connectivity index (χ1n) is 9.33. The van der Waals surface area contributed by atoms with Gasteiger partial charge >= 0.3 is 156 Å². The van der Waals surface area contributed by atoms with Gasteiger partial charge in [-0.05, 0) is 0 Å². The second-order valence-electron chi connectivity index (χ2n) is 7.30. The van der Waals surface area contributed by atoms with Crippen molar-refractivity contribution in [3.8, 4) is 11.3 Å². The van der Waals surface area contributed by atoms with Crippen LogP contribution in [0.1, 0.15) is 31.2 Å². The maximum atomic E-state index is 2.63. The molecule has 1 saturated carbocycles. The summed E-state index contributed by atoms with van der Waals surface area (Å²) in [5.41, 5.74) is 7.25. The molecule has 1 fully saturated rings. The molecular weight excluding hydrogens is 369 g/mol. The summed E-state index contributed by atoms with van der Waals surface area (Å²) >= 11 is 0.672. The SMILES string of the molecule is Cn1c(-c2ccccc2)c(C2=C[Se]C3CCCCC23)c2ccccc21. The van der Waals surface area contributed by atoms with Gasteiger partial charge in [-0.15, -0.1) is 0 Å².